The number of rotatable bonds is 1. The number of allylic oxidation sites excluding steroid dienone is 8. The van der Waals surface area contributed by atoms with E-state index in [-0.39, 0.29) is 0 Å². The molecule has 0 amide bonds. The largest absolute Gasteiger partial charge is 0.0623 e. The van der Waals surface area contributed by atoms with Crippen molar-refractivity contribution in [2.45, 2.75) is 13.3 Å². The first-order chi connectivity index (χ1) is 7.93. The molecular weight excluding hydrogens is 192 g/mol. The van der Waals surface area contributed by atoms with Crippen LogP contribution in [0.25, 0.3) is 0 Å². The maximum atomic E-state index is 2.16. The minimum absolute atomic E-state index is 1.14. The molecule has 0 saturated carbocycles. The number of aryl methyl sites for hydroxylation is 1. The molecule has 16 heavy (non-hydrogen) atoms. The van der Waals surface area contributed by atoms with Crippen molar-refractivity contribution in [2.75, 3.05) is 0 Å². The molecule has 1 aromatic rings. The number of hydrogen-bond acceptors (Lipinski definition) is 0. The fraction of sp³-hybridized carbons (Fsp3) is 0.125. The maximum Gasteiger partial charge on any atom is -0.0307 e. The van der Waals surface area contributed by atoms with Gasteiger partial charge in [-0.3, -0.25) is 0 Å². The molecule has 0 fully saturated rings. The van der Waals surface area contributed by atoms with Crippen LogP contribution in [0.1, 0.15) is 12.5 Å². The SMILES string of the molecule is C1=C\C=C/C=C\C=C/1.CCc1ccccc1. The van der Waals surface area contributed by atoms with Crippen molar-refractivity contribution in [3.63, 3.8) is 0 Å². The highest BCUT2D eigenvalue weighted by atomic mass is 13.9. The summed E-state index contributed by atoms with van der Waals surface area (Å²) in [6.07, 6.45) is 17.1. The highest BCUT2D eigenvalue weighted by Crippen LogP contribution is 1.96. The summed E-state index contributed by atoms with van der Waals surface area (Å²) in [5, 5.41) is 0. The zero-order valence-electron chi connectivity index (χ0n) is 9.71. The third-order valence-electron chi connectivity index (χ3n) is 2.14. The first-order valence-electron chi connectivity index (χ1n) is 5.64. The second kappa shape index (κ2) is 8.49. The number of benzene rings is 1. The van der Waals surface area contributed by atoms with Crippen LogP contribution >= 0.6 is 0 Å². The van der Waals surface area contributed by atoms with Gasteiger partial charge in [-0.25, -0.2) is 0 Å². The lowest BCUT2D eigenvalue weighted by molar-refractivity contribution is 1.14. The fourth-order valence-corrected chi connectivity index (χ4v) is 1.23. The average Bonchev–Trinajstić information content (AvgIpc) is 2.30. The van der Waals surface area contributed by atoms with Gasteiger partial charge in [0.15, 0.2) is 0 Å². The van der Waals surface area contributed by atoms with Crippen molar-refractivity contribution in [3.05, 3.63) is 84.5 Å². The minimum atomic E-state index is 1.14. The van der Waals surface area contributed by atoms with Gasteiger partial charge in [-0.1, -0.05) is 85.9 Å². The fourth-order valence-electron chi connectivity index (χ4n) is 1.23. The summed E-state index contributed by atoms with van der Waals surface area (Å²) >= 11 is 0. The lowest BCUT2D eigenvalue weighted by atomic mass is 10.2. The lowest BCUT2D eigenvalue weighted by Gasteiger charge is -1.89. The summed E-state index contributed by atoms with van der Waals surface area (Å²) in [5.74, 6) is 0. The van der Waals surface area contributed by atoms with Gasteiger partial charge in [-0.15, -0.1) is 0 Å². The molecule has 0 aromatic heterocycles. The molecule has 1 aliphatic carbocycles. The zero-order valence-corrected chi connectivity index (χ0v) is 9.71. The van der Waals surface area contributed by atoms with E-state index in [1.165, 1.54) is 5.56 Å². The zero-order chi connectivity index (χ0) is 11.5. The van der Waals surface area contributed by atoms with Crippen molar-refractivity contribution >= 4 is 0 Å². The van der Waals surface area contributed by atoms with Crippen LogP contribution < -0.4 is 0 Å². The quantitative estimate of drug-likeness (QED) is 0.641. The highest BCUT2D eigenvalue weighted by Gasteiger charge is 1.79. The Hall–Kier alpha value is -1.82. The highest BCUT2D eigenvalue weighted by molar-refractivity contribution is 5.23. The summed E-state index contributed by atoms with van der Waals surface area (Å²) < 4.78 is 0. The van der Waals surface area contributed by atoms with E-state index < -0.39 is 0 Å². The van der Waals surface area contributed by atoms with E-state index in [0.717, 1.165) is 6.42 Å². The Morgan fingerprint density at radius 1 is 0.625 bits per heavy atom. The minimum Gasteiger partial charge on any atom is -0.0623 e. The van der Waals surface area contributed by atoms with Gasteiger partial charge in [0.2, 0.25) is 0 Å². The Morgan fingerprint density at radius 3 is 1.25 bits per heavy atom. The third kappa shape index (κ3) is 5.82. The molecule has 0 nitrogen and oxygen atoms in total. The van der Waals surface area contributed by atoms with E-state index in [4.69, 9.17) is 0 Å². The van der Waals surface area contributed by atoms with Crippen LogP contribution in [0.2, 0.25) is 0 Å². The van der Waals surface area contributed by atoms with E-state index in [9.17, 15) is 0 Å². The molecule has 82 valence electrons. The molecule has 0 aliphatic heterocycles. The molecular formula is C16H18. The summed E-state index contributed by atoms with van der Waals surface area (Å²) in [6.45, 7) is 2.16. The van der Waals surface area contributed by atoms with Gasteiger partial charge in [-0.05, 0) is 12.0 Å². The average molecular weight is 210 g/mol. The second-order valence-electron chi connectivity index (χ2n) is 3.38. The van der Waals surface area contributed by atoms with Crippen LogP contribution in [-0.4, -0.2) is 0 Å². The smallest absolute Gasteiger partial charge is 0.0307 e. The normalized spacial score (nSPS) is 20.6. The predicted molar refractivity (Wildman–Crippen MR) is 72.4 cm³/mol. The van der Waals surface area contributed by atoms with Gasteiger partial charge in [0.05, 0.1) is 0 Å². The summed E-state index contributed by atoms with van der Waals surface area (Å²) in [5.41, 5.74) is 1.41. The molecule has 0 bridgehead atoms. The van der Waals surface area contributed by atoms with E-state index in [1.54, 1.807) is 0 Å². The molecule has 0 unspecified atom stereocenters. The van der Waals surface area contributed by atoms with Gasteiger partial charge in [0.25, 0.3) is 0 Å². The molecule has 1 aliphatic rings. The molecule has 0 N–H and O–H groups in total. The van der Waals surface area contributed by atoms with Gasteiger partial charge in [0.1, 0.15) is 0 Å². The van der Waals surface area contributed by atoms with E-state index in [1.807, 2.05) is 54.7 Å². The molecule has 0 saturated heterocycles. The van der Waals surface area contributed by atoms with Crippen LogP contribution in [0.5, 0.6) is 0 Å². The molecule has 0 radical (unpaired) electrons. The Kier molecular flexibility index (Phi) is 6.50. The Balaban J connectivity index is 0.000000160. The Morgan fingerprint density at radius 2 is 1.00 bits per heavy atom. The standard InChI is InChI=1S/C8H10.C8H8/c1-2-8-6-4-3-5-7-8;1-2-4-6-8-7-5-3-1/h3-7H,2H2,1H3;1-8H/b;2-1-,3-1?,4-2?,5-3-,6-4-,7-5?,8-6?,8-7-. The van der Waals surface area contributed by atoms with Crippen LogP contribution in [0, 0.1) is 0 Å². The summed E-state index contributed by atoms with van der Waals surface area (Å²) in [7, 11) is 0. The van der Waals surface area contributed by atoms with Crippen molar-refractivity contribution < 1.29 is 0 Å². The summed E-state index contributed by atoms with van der Waals surface area (Å²) in [4.78, 5) is 0. The monoisotopic (exact) mass is 210 g/mol. The van der Waals surface area contributed by atoms with E-state index >= 15 is 0 Å². The topological polar surface area (TPSA) is 0 Å². The van der Waals surface area contributed by atoms with Crippen molar-refractivity contribution in [1.82, 2.24) is 0 Å². The van der Waals surface area contributed by atoms with Crippen LogP contribution in [0.15, 0.2) is 78.9 Å². The molecule has 0 heteroatoms. The van der Waals surface area contributed by atoms with Crippen LogP contribution in [0.3, 0.4) is 0 Å². The van der Waals surface area contributed by atoms with Crippen molar-refractivity contribution in [2.24, 2.45) is 0 Å². The maximum absolute atomic E-state index is 2.16. The first-order valence-corrected chi connectivity index (χ1v) is 5.64. The molecule has 1 aromatic carbocycles. The van der Waals surface area contributed by atoms with Crippen LogP contribution in [0.4, 0.5) is 0 Å². The van der Waals surface area contributed by atoms with E-state index in [2.05, 4.69) is 31.2 Å². The molecule has 2 rings (SSSR count). The molecule has 0 spiro atoms. The van der Waals surface area contributed by atoms with Crippen LogP contribution in [-0.2, 0) is 6.42 Å². The first kappa shape index (κ1) is 12.3. The molecule has 0 atom stereocenters. The van der Waals surface area contributed by atoms with Gasteiger partial charge in [-0.2, -0.15) is 0 Å². The number of hydrogen-bond donors (Lipinski definition) is 0. The van der Waals surface area contributed by atoms with Crippen molar-refractivity contribution in [1.29, 1.82) is 0 Å². The van der Waals surface area contributed by atoms with Gasteiger partial charge in [0, 0.05) is 0 Å². The summed E-state index contributed by atoms with van der Waals surface area (Å²) in [6, 6.07) is 10.5. The predicted octanol–water partition coefficient (Wildman–Crippen LogP) is 4.47. The van der Waals surface area contributed by atoms with Gasteiger partial charge < -0.3 is 0 Å². The second-order valence-corrected chi connectivity index (χ2v) is 3.38. The lowest BCUT2D eigenvalue weighted by Crippen LogP contribution is -1.73. The molecule has 0 heterocycles. The Bertz CT molecular complexity index is 322. The Labute approximate surface area is 98.3 Å². The van der Waals surface area contributed by atoms with E-state index in [0.29, 0.717) is 0 Å². The van der Waals surface area contributed by atoms with Crippen molar-refractivity contribution in [3.8, 4) is 0 Å². The van der Waals surface area contributed by atoms with Gasteiger partial charge >= 0.3 is 0 Å². The third-order valence-corrected chi connectivity index (χ3v) is 2.14.